The zero-order chi connectivity index (χ0) is 15.6. The van der Waals surface area contributed by atoms with Crippen molar-refractivity contribution in [3.05, 3.63) is 65.7 Å². The van der Waals surface area contributed by atoms with Gasteiger partial charge in [0.1, 0.15) is 11.6 Å². The van der Waals surface area contributed by atoms with E-state index >= 15 is 0 Å². The average Bonchev–Trinajstić information content (AvgIpc) is 3.02. The monoisotopic (exact) mass is 309 g/mol. The summed E-state index contributed by atoms with van der Waals surface area (Å²) in [6.45, 7) is 3.01. The average molecular weight is 309 g/mol. The van der Waals surface area contributed by atoms with Crippen molar-refractivity contribution in [2.75, 3.05) is 13.1 Å². The minimum absolute atomic E-state index is 0.169. The molecule has 1 saturated heterocycles. The fraction of sp³-hybridized carbons (Fsp3) is 0.316. The molecule has 0 bridgehead atoms. The lowest BCUT2D eigenvalue weighted by atomic mass is 9.96. The summed E-state index contributed by atoms with van der Waals surface area (Å²) < 4.78 is 13.0. The molecule has 4 heteroatoms. The van der Waals surface area contributed by atoms with Crippen LogP contribution < -0.4 is 0 Å². The highest BCUT2D eigenvalue weighted by Gasteiger charge is 2.23. The smallest absolute Gasteiger partial charge is 0.123 e. The Balaban J connectivity index is 1.39. The number of para-hydroxylation sites is 2. The molecule has 1 aliphatic rings. The van der Waals surface area contributed by atoms with Gasteiger partial charge in [0, 0.05) is 12.5 Å². The summed E-state index contributed by atoms with van der Waals surface area (Å²) in [5.74, 6) is 1.46. The molecular weight excluding hydrogens is 289 g/mol. The number of aromatic amines is 1. The summed E-state index contributed by atoms with van der Waals surface area (Å²) in [5, 5.41) is 0. The standard InChI is InChI=1S/C19H20FN3/c20-16-7-5-14(6-8-16)13-23-11-9-15(10-12-23)19-21-17-3-1-2-4-18(17)22-19/h1-8,15H,9-13H2,(H,21,22). The molecule has 118 valence electrons. The van der Waals surface area contributed by atoms with Gasteiger partial charge < -0.3 is 4.98 Å². The van der Waals surface area contributed by atoms with Gasteiger partial charge in [0.2, 0.25) is 0 Å². The number of aromatic nitrogens is 2. The van der Waals surface area contributed by atoms with E-state index in [1.54, 1.807) is 0 Å². The van der Waals surface area contributed by atoms with Gasteiger partial charge in [0.05, 0.1) is 11.0 Å². The van der Waals surface area contributed by atoms with Crippen LogP contribution in [0.4, 0.5) is 4.39 Å². The number of piperidine rings is 1. The number of nitrogens with one attached hydrogen (secondary N) is 1. The van der Waals surface area contributed by atoms with Gasteiger partial charge >= 0.3 is 0 Å². The molecule has 0 amide bonds. The third kappa shape index (κ3) is 3.13. The fourth-order valence-corrected chi connectivity index (χ4v) is 3.38. The molecule has 1 fully saturated rings. The minimum Gasteiger partial charge on any atom is -0.342 e. The van der Waals surface area contributed by atoms with Gasteiger partial charge in [-0.1, -0.05) is 24.3 Å². The number of imidazole rings is 1. The van der Waals surface area contributed by atoms with E-state index in [0.29, 0.717) is 5.92 Å². The lowest BCUT2D eigenvalue weighted by Gasteiger charge is -2.31. The first kappa shape index (κ1) is 14.4. The Bertz CT molecular complexity index is 753. The van der Waals surface area contributed by atoms with Crippen molar-refractivity contribution in [1.82, 2.24) is 14.9 Å². The van der Waals surface area contributed by atoms with Gasteiger partial charge in [-0.25, -0.2) is 9.37 Å². The van der Waals surface area contributed by atoms with E-state index in [0.717, 1.165) is 49.3 Å². The van der Waals surface area contributed by atoms with Crippen LogP contribution in [-0.2, 0) is 6.54 Å². The number of nitrogens with zero attached hydrogens (tertiary/aromatic N) is 2. The van der Waals surface area contributed by atoms with Crippen molar-refractivity contribution >= 4 is 11.0 Å². The first-order valence-electron chi connectivity index (χ1n) is 8.19. The molecule has 3 nitrogen and oxygen atoms in total. The van der Waals surface area contributed by atoms with Gasteiger partial charge in [-0.05, 0) is 55.8 Å². The quantitative estimate of drug-likeness (QED) is 0.790. The van der Waals surface area contributed by atoms with Crippen LogP contribution in [0.25, 0.3) is 11.0 Å². The van der Waals surface area contributed by atoms with Gasteiger partial charge in [-0.3, -0.25) is 4.90 Å². The van der Waals surface area contributed by atoms with Gasteiger partial charge in [0.15, 0.2) is 0 Å². The molecular formula is C19H20FN3. The molecule has 0 unspecified atom stereocenters. The summed E-state index contributed by atoms with van der Waals surface area (Å²) in [4.78, 5) is 10.6. The maximum atomic E-state index is 13.0. The van der Waals surface area contributed by atoms with E-state index in [1.165, 1.54) is 17.7 Å². The van der Waals surface area contributed by atoms with Crippen molar-refractivity contribution in [2.24, 2.45) is 0 Å². The van der Waals surface area contributed by atoms with Crippen LogP contribution in [0.1, 0.15) is 30.1 Å². The molecule has 0 aliphatic carbocycles. The molecule has 1 N–H and O–H groups in total. The van der Waals surface area contributed by atoms with Gasteiger partial charge in [-0.2, -0.15) is 0 Å². The zero-order valence-corrected chi connectivity index (χ0v) is 13.0. The van der Waals surface area contributed by atoms with E-state index in [1.807, 2.05) is 24.3 Å². The van der Waals surface area contributed by atoms with E-state index < -0.39 is 0 Å². The number of H-pyrrole nitrogens is 1. The second kappa shape index (κ2) is 6.13. The highest BCUT2D eigenvalue weighted by atomic mass is 19.1. The summed E-state index contributed by atoms with van der Waals surface area (Å²) >= 11 is 0. The van der Waals surface area contributed by atoms with Crippen molar-refractivity contribution in [2.45, 2.75) is 25.3 Å². The molecule has 0 radical (unpaired) electrons. The zero-order valence-electron chi connectivity index (χ0n) is 13.0. The van der Waals surface area contributed by atoms with Crippen molar-refractivity contribution in [1.29, 1.82) is 0 Å². The summed E-state index contributed by atoms with van der Waals surface area (Å²) in [7, 11) is 0. The predicted octanol–water partition coefficient (Wildman–Crippen LogP) is 4.08. The Kier molecular flexibility index (Phi) is 3.83. The Morgan fingerprint density at radius 1 is 1.04 bits per heavy atom. The summed E-state index contributed by atoms with van der Waals surface area (Å²) in [5.41, 5.74) is 3.35. The Morgan fingerprint density at radius 3 is 2.52 bits per heavy atom. The third-order valence-electron chi connectivity index (χ3n) is 4.70. The second-order valence-electron chi connectivity index (χ2n) is 6.32. The van der Waals surface area contributed by atoms with Crippen LogP contribution in [0.3, 0.4) is 0 Å². The van der Waals surface area contributed by atoms with Crippen molar-refractivity contribution in [3.63, 3.8) is 0 Å². The Morgan fingerprint density at radius 2 is 1.78 bits per heavy atom. The number of rotatable bonds is 3. The first-order chi connectivity index (χ1) is 11.3. The first-order valence-corrected chi connectivity index (χ1v) is 8.19. The van der Waals surface area contributed by atoms with E-state index in [2.05, 4.69) is 22.0 Å². The maximum absolute atomic E-state index is 13.0. The number of halogens is 1. The normalized spacial score (nSPS) is 16.9. The highest BCUT2D eigenvalue weighted by Crippen LogP contribution is 2.28. The minimum atomic E-state index is -0.169. The molecule has 2 aromatic carbocycles. The van der Waals surface area contributed by atoms with Crippen LogP contribution in [-0.4, -0.2) is 28.0 Å². The molecule has 23 heavy (non-hydrogen) atoms. The molecule has 1 aromatic heterocycles. The van der Waals surface area contributed by atoms with Gasteiger partial charge in [-0.15, -0.1) is 0 Å². The second-order valence-corrected chi connectivity index (χ2v) is 6.32. The lowest BCUT2D eigenvalue weighted by Crippen LogP contribution is -2.32. The largest absolute Gasteiger partial charge is 0.342 e. The molecule has 2 heterocycles. The molecule has 0 atom stereocenters. The van der Waals surface area contributed by atoms with Crippen LogP contribution >= 0.6 is 0 Å². The van der Waals surface area contributed by atoms with Crippen LogP contribution in [0, 0.1) is 5.82 Å². The topological polar surface area (TPSA) is 31.9 Å². The van der Waals surface area contributed by atoms with E-state index in [4.69, 9.17) is 4.98 Å². The molecule has 1 aliphatic heterocycles. The molecule has 0 spiro atoms. The Hall–Kier alpha value is -2.20. The molecule has 4 rings (SSSR count). The highest BCUT2D eigenvalue weighted by molar-refractivity contribution is 5.74. The van der Waals surface area contributed by atoms with Gasteiger partial charge in [0.25, 0.3) is 0 Å². The number of fused-ring (bicyclic) bond motifs is 1. The van der Waals surface area contributed by atoms with Crippen molar-refractivity contribution < 1.29 is 4.39 Å². The molecule has 3 aromatic rings. The predicted molar refractivity (Wildman–Crippen MR) is 89.7 cm³/mol. The third-order valence-corrected chi connectivity index (χ3v) is 4.70. The summed E-state index contributed by atoms with van der Waals surface area (Å²) in [6.07, 6.45) is 2.22. The van der Waals surface area contributed by atoms with Crippen LogP contribution in [0.15, 0.2) is 48.5 Å². The summed E-state index contributed by atoms with van der Waals surface area (Å²) in [6, 6.07) is 15.0. The number of benzene rings is 2. The van der Waals surface area contributed by atoms with Crippen LogP contribution in [0.5, 0.6) is 0 Å². The van der Waals surface area contributed by atoms with E-state index in [-0.39, 0.29) is 5.82 Å². The lowest BCUT2D eigenvalue weighted by molar-refractivity contribution is 0.202. The fourth-order valence-electron chi connectivity index (χ4n) is 3.38. The number of hydrogen-bond donors (Lipinski definition) is 1. The maximum Gasteiger partial charge on any atom is 0.123 e. The molecule has 0 saturated carbocycles. The Labute approximate surface area is 135 Å². The number of likely N-dealkylation sites (tertiary alicyclic amines) is 1. The van der Waals surface area contributed by atoms with E-state index in [9.17, 15) is 4.39 Å². The SMILES string of the molecule is Fc1ccc(CN2CCC(c3nc4ccccc4[nH]3)CC2)cc1. The van der Waals surface area contributed by atoms with Crippen molar-refractivity contribution in [3.8, 4) is 0 Å². The number of hydrogen-bond acceptors (Lipinski definition) is 2. The van der Waals surface area contributed by atoms with Crippen LogP contribution in [0.2, 0.25) is 0 Å².